The first kappa shape index (κ1) is 25.0. The lowest BCUT2D eigenvalue weighted by Gasteiger charge is -2.34. The fourth-order valence-corrected chi connectivity index (χ4v) is 3.92. The van der Waals surface area contributed by atoms with Gasteiger partial charge in [0.1, 0.15) is 5.75 Å². The van der Waals surface area contributed by atoms with Crippen molar-refractivity contribution in [3.63, 3.8) is 0 Å². The van der Waals surface area contributed by atoms with E-state index < -0.39 is 18.3 Å². The minimum atomic E-state index is -0.471. The third-order valence-corrected chi connectivity index (χ3v) is 6.36. The number of rotatable bonds is 4. The summed E-state index contributed by atoms with van der Waals surface area (Å²) in [7, 11) is 1.16. The highest BCUT2D eigenvalue weighted by atomic mass is 35.5. The summed E-state index contributed by atoms with van der Waals surface area (Å²) in [5, 5.41) is 0.548. The molecular formula is C22H36BClN2O4. The van der Waals surface area contributed by atoms with Crippen molar-refractivity contribution in [1.29, 1.82) is 0 Å². The summed E-state index contributed by atoms with van der Waals surface area (Å²) >= 11 is 6.53. The van der Waals surface area contributed by atoms with Gasteiger partial charge in [0.15, 0.2) is 0 Å². The topological polar surface area (TPSA) is 51.2 Å². The molecule has 2 heterocycles. The van der Waals surface area contributed by atoms with Gasteiger partial charge in [-0.05, 0) is 39.2 Å². The number of piperazine rings is 1. The zero-order valence-corrected chi connectivity index (χ0v) is 20.4. The molecule has 2 saturated heterocycles. The molecule has 2 aliphatic heterocycles. The van der Waals surface area contributed by atoms with E-state index >= 15 is 0 Å². The number of amides is 1. The lowest BCUT2D eigenvalue weighted by molar-refractivity contribution is -0.130. The number of hydrogen-bond donors (Lipinski definition) is 0. The zero-order chi connectivity index (χ0) is 22.7. The van der Waals surface area contributed by atoms with Crippen LogP contribution in [0.1, 0.15) is 54.0 Å². The largest absolute Gasteiger partial charge is 0.495 e. The Morgan fingerprint density at radius 2 is 1.63 bits per heavy atom. The standard InChI is InChI=1S/C20H30BClN2O4.C2H6/c1-14(25)24-9-7-23(8-10-24)13-15-11-16(12-17(22)18(15)26-6)21-27-19(2,3)20(4,5)28-21;1-2/h11-12H,7-10,13H2,1-6H3;1-2H3. The number of hydrogen-bond acceptors (Lipinski definition) is 5. The monoisotopic (exact) mass is 438 g/mol. The number of halogens is 1. The van der Waals surface area contributed by atoms with Crippen LogP contribution in [0.3, 0.4) is 0 Å². The highest BCUT2D eigenvalue weighted by Crippen LogP contribution is 2.37. The second-order valence-electron chi connectivity index (χ2n) is 8.57. The van der Waals surface area contributed by atoms with Crippen molar-refractivity contribution in [1.82, 2.24) is 9.80 Å². The van der Waals surface area contributed by atoms with Gasteiger partial charge in [0.05, 0.1) is 23.3 Å². The normalized spacial score (nSPS) is 20.6. The Bertz CT molecular complexity index is 733. The second-order valence-corrected chi connectivity index (χ2v) is 8.97. The van der Waals surface area contributed by atoms with E-state index in [1.54, 1.807) is 14.0 Å². The second kappa shape index (κ2) is 9.90. The lowest BCUT2D eigenvalue weighted by atomic mass is 9.78. The maximum Gasteiger partial charge on any atom is 0.494 e. The van der Waals surface area contributed by atoms with E-state index in [9.17, 15) is 4.79 Å². The van der Waals surface area contributed by atoms with Crippen molar-refractivity contribution in [2.45, 2.75) is 66.2 Å². The summed E-state index contributed by atoms with van der Waals surface area (Å²) in [5.74, 6) is 0.805. The average Bonchev–Trinajstić information content (AvgIpc) is 2.91. The molecule has 2 aliphatic rings. The summed E-state index contributed by atoms with van der Waals surface area (Å²) < 4.78 is 17.9. The van der Waals surface area contributed by atoms with Crippen LogP contribution >= 0.6 is 11.6 Å². The van der Waals surface area contributed by atoms with Crippen LogP contribution in [0.4, 0.5) is 0 Å². The van der Waals surface area contributed by atoms with E-state index in [4.69, 9.17) is 25.6 Å². The van der Waals surface area contributed by atoms with Gasteiger partial charge in [-0.2, -0.15) is 0 Å². The SMILES string of the molecule is CC.COc1c(Cl)cc(B2OC(C)(C)C(C)(C)O2)cc1CN1CCN(C(C)=O)CC1. The van der Waals surface area contributed by atoms with Gasteiger partial charge in [-0.15, -0.1) is 0 Å². The van der Waals surface area contributed by atoms with E-state index in [1.165, 1.54) is 0 Å². The molecule has 0 unspecified atom stereocenters. The summed E-state index contributed by atoms with van der Waals surface area (Å²) in [6, 6.07) is 3.92. The quantitative estimate of drug-likeness (QED) is 0.675. The Morgan fingerprint density at radius 1 is 1.10 bits per heavy atom. The van der Waals surface area contributed by atoms with Gasteiger partial charge < -0.3 is 18.9 Å². The maximum atomic E-state index is 11.5. The highest BCUT2D eigenvalue weighted by molar-refractivity contribution is 6.62. The molecule has 0 atom stereocenters. The van der Waals surface area contributed by atoms with Crippen LogP contribution in [0.2, 0.25) is 5.02 Å². The van der Waals surface area contributed by atoms with E-state index in [2.05, 4.69) is 11.0 Å². The average molecular weight is 439 g/mol. The number of benzene rings is 1. The Labute approximate surface area is 186 Å². The molecule has 1 aromatic carbocycles. The van der Waals surface area contributed by atoms with Crippen molar-refractivity contribution in [3.05, 3.63) is 22.7 Å². The summed E-state index contributed by atoms with van der Waals surface area (Å²) in [4.78, 5) is 15.7. The Kier molecular flexibility index (Phi) is 8.25. The Balaban J connectivity index is 0.00000155. The van der Waals surface area contributed by atoms with Crippen molar-refractivity contribution in [3.8, 4) is 5.75 Å². The van der Waals surface area contributed by atoms with Crippen molar-refractivity contribution in [2.75, 3.05) is 33.3 Å². The highest BCUT2D eigenvalue weighted by Gasteiger charge is 2.51. The van der Waals surface area contributed by atoms with Gasteiger partial charge in [-0.3, -0.25) is 9.69 Å². The van der Waals surface area contributed by atoms with Gasteiger partial charge in [0.25, 0.3) is 0 Å². The van der Waals surface area contributed by atoms with E-state index in [-0.39, 0.29) is 5.91 Å². The predicted molar refractivity (Wildman–Crippen MR) is 123 cm³/mol. The lowest BCUT2D eigenvalue weighted by Crippen LogP contribution is -2.47. The first-order valence-electron chi connectivity index (χ1n) is 10.7. The van der Waals surface area contributed by atoms with Crippen LogP contribution in [-0.4, -0.2) is 67.3 Å². The molecular weight excluding hydrogens is 403 g/mol. The van der Waals surface area contributed by atoms with E-state index in [1.807, 2.05) is 52.5 Å². The molecule has 30 heavy (non-hydrogen) atoms. The minimum Gasteiger partial charge on any atom is -0.495 e. The van der Waals surface area contributed by atoms with Gasteiger partial charge in [0, 0.05) is 45.2 Å². The van der Waals surface area contributed by atoms with Gasteiger partial charge in [-0.25, -0.2) is 0 Å². The number of ether oxygens (including phenoxy) is 1. The molecule has 0 spiro atoms. The molecule has 0 saturated carbocycles. The Hall–Kier alpha value is -1.28. The van der Waals surface area contributed by atoms with Crippen molar-refractivity contribution < 1.29 is 18.8 Å². The molecule has 168 valence electrons. The molecule has 1 amide bonds. The first-order valence-corrected chi connectivity index (χ1v) is 11.1. The molecule has 0 aromatic heterocycles. The minimum absolute atomic E-state index is 0.128. The maximum absolute atomic E-state index is 11.5. The van der Waals surface area contributed by atoms with Crippen LogP contribution in [0.25, 0.3) is 0 Å². The molecule has 1 aromatic rings. The molecule has 0 radical (unpaired) electrons. The number of carbonyl (C=O) groups excluding carboxylic acids is 1. The fourth-order valence-electron chi connectivity index (χ4n) is 3.60. The molecule has 2 fully saturated rings. The fraction of sp³-hybridized carbons (Fsp3) is 0.682. The van der Waals surface area contributed by atoms with E-state index in [0.717, 1.165) is 37.2 Å². The number of carbonyl (C=O) groups is 1. The third-order valence-electron chi connectivity index (χ3n) is 6.08. The van der Waals surface area contributed by atoms with Crippen molar-refractivity contribution >= 4 is 30.1 Å². The van der Waals surface area contributed by atoms with Gasteiger partial charge in [-0.1, -0.05) is 31.5 Å². The predicted octanol–water partition coefficient (Wildman–Crippen LogP) is 3.34. The third kappa shape index (κ3) is 5.31. The molecule has 8 heteroatoms. The molecule has 0 aliphatic carbocycles. The summed E-state index contributed by atoms with van der Waals surface area (Å²) in [6.45, 7) is 17.6. The molecule has 6 nitrogen and oxygen atoms in total. The smallest absolute Gasteiger partial charge is 0.494 e. The summed E-state index contributed by atoms with van der Waals surface area (Å²) in [5.41, 5.74) is 1.07. The van der Waals surface area contributed by atoms with Crippen LogP contribution in [0.5, 0.6) is 5.75 Å². The number of methoxy groups -OCH3 is 1. The number of nitrogens with zero attached hydrogens (tertiary/aromatic N) is 2. The summed E-state index contributed by atoms with van der Waals surface area (Å²) in [6.07, 6.45) is 0. The Morgan fingerprint density at radius 3 is 2.10 bits per heavy atom. The van der Waals surface area contributed by atoms with Gasteiger partial charge in [0.2, 0.25) is 5.91 Å². The van der Waals surface area contributed by atoms with Crippen molar-refractivity contribution in [2.24, 2.45) is 0 Å². The molecule has 0 bridgehead atoms. The first-order chi connectivity index (χ1) is 14.0. The van der Waals surface area contributed by atoms with Gasteiger partial charge >= 0.3 is 7.12 Å². The zero-order valence-electron chi connectivity index (χ0n) is 19.7. The van der Waals surface area contributed by atoms with Crippen LogP contribution in [-0.2, 0) is 20.6 Å². The van der Waals surface area contributed by atoms with Crippen LogP contribution in [0.15, 0.2) is 12.1 Å². The van der Waals surface area contributed by atoms with E-state index in [0.29, 0.717) is 17.3 Å². The van der Waals surface area contributed by atoms with Crippen LogP contribution < -0.4 is 10.2 Å². The molecule has 3 rings (SSSR count). The van der Waals surface area contributed by atoms with Crippen LogP contribution in [0, 0.1) is 0 Å². The molecule has 0 N–H and O–H groups in total.